The lowest BCUT2D eigenvalue weighted by atomic mass is 10.1. The lowest BCUT2D eigenvalue weighted by molar-refractivity contribution is -0.117. The molecular formula is C23H23FN2O3. The molecule has 1 saturated carbocycles. The minimum Gasteiger partial charge on any atom is -0.493 e. The minimum atomic E-state index is -0.352. The molecule has 1 amide bonds. The maximum atomic E-state index is 13.0. The van der Waals surface area contributed by atoms with E-state index in [-0.39, 0.29) is 29.9 Å². The number of rotatable bonds is 7. The number of nitrogens with zero attached hydrogens (tertiary/aromatic N) is 1. The normalized spacial score (nSPS) is 14.3. The molecule has 2 aromatic carbocycles. The number of ether oxygens (including phenoxy) is 2. The van der Waals surface area contributed by atoms with Gasteiger partial charge in [-0.2, -0.15) is 5.26 Å². The van der Waals surface area contributed by atoms with Crippen molar-refractivity contribution in [3.8, 4) is 17.6 Å². The molecule has 3 rings (SSSR count). The summed E-state index contributed by atoms with van der Waals surface area (Å²) in [6.07, 6.45) is 5.66. The number of carbonyl (C=O) groups excluding carboxylic acids is 1. The first-order chi connectivity index (χ1) is 14.1. The van der Waals surface area contributed by atoms with E-state index < -0.39 is 0 Å². The molecule has 1 fully saturated rings. The lowest BCUT2D eigenvalue weighted by Crippen LogP contribution is -2.33. The van der Waals surface area contributed by atoms with Crippen LogP contribution in [0.4, 0.5) is 4.39 Å². The molecule has 5 nitrogen and oxygen atoms in total. The maximum absolute atomic E-state index is 13.0. The predicted molar refractivity (Wildman–Crippen MR) is 108 cm³/mol. The van der Waals surface area contributed by atoms with E-state index in [0.29, 0.717) is 17.1 Å². The van der Waals surface area contributed by atoms with Crippen molar-refractivity contribution in [1.29, 1.82) is 5.26 Å². The van der Waals surface area contributed by atoms with Crippen molar-refractivity contribution >= 4 is 12.0 Å². The SMILES string of the molecule is COc1cc(/C=C(/C#N)C(=O)NC2CCCC2)ccc1OCc1ccc(F)cc1. The van der Waals surface area contributed by atoms with E-state index in [1.807, 2.05) is 6.07 Å². The highest BCUT2D eigenvalue weighted by Crippen LogP contribution is 2.30. The average molecular weight is 394 g/mol. The topological polar surface area (TPSA) is 71.3 Å². The number of halogens is 1. The smallest absolute Gasteiger partial charge is 0.262 e. The molecule has 2 aromatic rings. The third-order valence-electron chi connectivity index (χ3n) is 4.86. The molecule has 150 valence electrons. The zero-order valence-electron chi connectivity index (χ0n) is 16.3. The van der Waals surface area contributed by atoms with Gasteiger partial charge in [0.15, 0.2) is 11.5 Å². The van der Waals surface area contributed by atoms with Gasteiger partial charge in [-0.05, 0) is 54.3 Å². The Morgan fingerprint density at radius 1 is 1.21 bits per heavy atom. The number of methoxy groups -OCH3 is 1. The molecule has 1 aliphatic carbocycles. The quantitative estimate of drug-likeness (QED) is 0.559. The maximum Gasteiger partial charge on any atom is 0.262 e. The van der Waals surface area contributed by atoms with E-state index in [0.717, 1.165) is 31.2 Å². The van der Waals surface area contributed by atoms with Crippen molar-refractivity contribution in [1.82, 2.24) is 5.32 Å². The van der Waals surface area contributed by atoms with E-state index in [1.165, 1.54) is 25.3 Å². The Morgan fingerprint density at radius 2 is 1.93 bits per heavy atom. The van der Waals surface area contributed by atoms with E-state index >= 15 is 0 Å². The summed E-state index contributed by atoms with van der Waals surface area (Å²) < 4.78 is 24.1. The molecule has 0 radical (unpaired) electrons. The van der Waals surface area contributed by atoms with Gasteiger partial charge in [-0.1, -0.05) is 31.0 Å². The van der Waals surface area contributed by atoms with Crippen LogP contribution >= 0.6 is 0 Å². The third kappa shape index (κ3) is 5.58. The van der Waals surface area contributed by atoms with Crippen molar-refractivity contribution < 1.29 is 18.7 Å². The third-order valence-corrected chi connectivity index (χ3v) is 4.86. The first-order valence-electron chi connectivity index (χ1n) is 9.57. The van der Waals surface area contributed by atoms with Crippen LogP contribution < -0.4 is 14.8 Å². The Bertz CT molecular complexity index is 926. The van der Waals surface area contributed by atoms with Gasteiger partial charge in [0.05, 0.1) is 7.11 Å². The summed E-state index contributed by atoms with van der Waals surface area (Å²) in [7, 11) is 1.52. The van der Waals surface area contributed by atoms with Gasteiger partial charge in [-0.3, -0.25) is 4.79 Å². The van der Waals surface area contributed by atoms with Crippen LogP contribution in [0.3, 0.4) is 0 Å². The molecule has 0 spiro atoms. The van der Waals surface area contributed by atoms with Crippen LogP contribution in [-0.2, 0) is 11.4 Å². The van der Waals surface area contributed by atoms with Crippen LogP contribution in [0.5, 0.6) is 11.5 Å². The van der Waals surface area contributed by atoms with E-state index in [1.54, 1.807) is 30.3 Å². The minimum absolute atomic E-state index is 0.0546. The summed E-state index contributed by atoms with van der Waals surface area (Å²) in [5.74, 6) is 0.347. The number of nitriles is 1. The highest BCUT2D eigenvalue weighted by molar-refractivity contribution is 6.01. The van der Waals surface area contributed by atoms with Crippen molar-refractivity contribution in [2.24, 2.45) is 0 Å². The summed E-state index contributed by atoms with van der Waals surface area (Å²) in [5.41, 5.74) is 1.54. The standard InChI is InChI=1S/C23H23FN2O3/c1-28-22-13-17(12-18(14-25)23(27)26-20-4-2-3-5-20)8-11-21(22)29-15-16-6-9-19(24)10-7-16/h6-13,20H,2-5,15H2,1H3,(H,26,27)/b18-12-. The van der Waals surface area contributed by atoms with Gasteiger partial charge in [-0.25, -0.2) is 4.39 Å². The number of amides is 1. The van der Waals surface area contributed by atoms with Crippen molar-refractivity contribution in [3.63, 3.8) is 0 Å². The van der Waals surface area contributed by atoms with Crippen LogP contribution in [0.25, 0.3) is 6.08 Å². The molecule has 0 heterocycles. The van der Waals surface area contributed by atoms with Gasteiger partial charge in [0, 0.05) is 6.04 Å². The molecule has 6 heteroatoms. The van der Waals surface area contributed by atoms with Gasteiger partial charge < -0.3 is 14.8 Å². The molecule has 0 aliphatic heterocycles. The summed E-state index contributed by atoms with van der Waals surface area (Å²) >= 11 is 0. The number of nitrogens with one attached hydrogen (secondary N) is 1. The molecule has 1 N–H and O–H groups in total. The Morgan fingerprint density at radius 3 is 2.59 bits per heavy atom. The molecule has 29 heavy (non-hydrogen) atoms. The van der Waals surface area contributed by atoms with Gasteiger partial charge in [0.1, 0.15) is 24.1 Å². The fraction of sp³-hybridized carbons (Fsp3) is 0.304. The lowest BCUT2D eigenvalue weighted by Gasteiger charge is -2.12. The highest BCUT2D eigenvalue weighted by Gasteiger charge is 2.19. The largest absolute Gasteiger partial charge is 0.493 e. The number of benzene rings is 2. The Hall–Kier alpha value is -3.33. The second-order valence-corrected chi connectivity index (χ2v) is 6.95. The summed E-state index contributed by atoms with van der Waals surface area (Å²) in [6.45, 7) is 0.263. The van der Waals surface area contributed by atoms with Crippen LogP contribution in [0.1, 0.15) is 36.8 Å². The fourth-order valence-electron chi connectivity index (χ4n) is 3.28. The molecule has 0 saturated heterocycles. The summed E-state index contributed by atoms with van der Waals surface area (Å²) in [5, 5.41) is 12.3. The van der Waals surface area contributed by atoms with Crippen LogP contribution in [0.15, 0.2) is 48.0 Å². The second-order valence-electron chi connectivity index (χ2n) is 6.95. The Labute approximate surface area is 169 Å². The number of carbonyl (C=O) groups is 1. The fourth-order valence-corrected chi connectivity index (χ4v) is 3.28. The first kappa shape index (κ1) is 20.4. The number of hydrogen-bond donors (Lipinski definition) is 1. The predicted octanol–water partition coefficient (Wildman–Crippen LogP) is 4.38. The van der Waals surface area contributed by atoms with Crippen LogP contribution in [0, 0.1) is 17.1 Å². The number of hydrogen-bond acceptors (Lipinski definition) is 4. The Balaban J connectivity index is 1.70. The van der Waals surface area contributed by atoms with Gasteiger partial charge >= 0.3 is 0 Å². The first-order valence-corrected chi connectivity index (χ1v) is 9.57. The van der Waals surface area contributed by atoms with Crippen LogP contribution in [0.2, 0.25) is 0 Å². The molecule has 0 aromatic heterocycles. The van der Waals surface area contributed by atoms with E-state index in [4.69, 9.17) is 9.47 Å². The molecule has 0 atom stereocenters. The second kappa shape index (κ2) is 9.74. The van der Waals surface area contributed by atoms with Gasteiger partial charge in [-0.15, -0.1) is 0 Å². The molecular weight excluding hydrogens is 371 g/mol. The highest BCUT2D eigenvalue weighted by atomic mass is 19.1. The van der Waals surface area contributed by atoms with Crippen LogP contribution in [-0.4, -0.2) is 19.1 Å². The van der Waals surface area contributed by atoms with Gasteiger partial charge in [0.2, 0.25) is 0 Å². The van der Waals surface area contributed by atoms with Crippen molar-refractivity contribution in [2.75, 3.05) is 7.11 Å². The summed E-state index contributed by atoms with van der Waals surface area (Å²) in [6, 6.07) is 13.4. The monoisotopic (exact) mass is 394 g/mol. The molecule has 0 unspecified atom stereocenters. The molecule has 1 aliphatic rings. The van der Waals surface area contributed by atoms with Crippen molar-refractivity contribution in [3.05, 3.63) is 65.0 Å². The zero-order chi connectivity index (χ0) is 20.6. The zero-order valence-corrected chi connectivity index (χ0v) is 16.3. The van der Waals surface area contributed by atoms with Gasteiger partial charge in [0.25, 0.3) is 5.91 Å². The van der Waals surface area contributed by atoms with Crippen molar-refractivity contribution in [2.45, 2.75) is 38.3 Å². The Kier molecular flexibility index (Phi) is 6.85. The average Bonchev–Trinajstić information content (AvgIpc) is 3.24. The molecule has 0 bridgehead atoms. The van der Waals surface area contributed by atoms with E-state index in [2.05, 4.69) is 5.32 Å². The van der Waals surface area contributed by atoms with E-state index in [9.17, 15) is 14.4 Å². The summed E-state index contributed by atoms with van der Waals surface area (Å²) in [4.78, 5) is 12.4.